The summed E-state index contributed by atoms with van der Waals surface area (Å²) in [4.78, 5) is 13.1. The van der Waals surface area contributed by atoms with Crippen molar-refractivity contribution >= 4 is 24.7 Å². The normalized spacial score (nSPS) is 14.8. The number of ether oxygens (including phenoxy) is 3. The molecule has 0 radical (unpaired) electrons. The van der Waals surface area contributed by atoms with Gasteiger partial charge < -0.3 is 18.6 Å². The van der Waals surface area contributed by atoms with Gasteiger partial charge in [0.25, 0.3) is 8.32 Å². The van der Waals surface area contributed by atoms with Gasteiger partial charge in [-0.15, -0.1) is 6.58 Å². The second-order valence-electron chi connectivity index (χ2n) is 12.6. The molecule has 0 aliphatic rings. The molecule has 3 rings (SSSR count). The van der Waals surface area contributed by atoms with Gasteiger partial charge >= 0.3 is 5.97 Å². The van der Waals surface area contributed by atoms with Crippen LogP contribution >= 0.6 is 0 Å². The van der Waals surface area contributed by atoms with Crippen LogP contribution in [0.15, 0.2) is 97.6 Å². The standard InChI is InChI=1S/C37H50O5Si/c1-9-29(3)35(41-36(38)24-28(2)26-40-27-31-20-22-32(39-8)23-21-31)25-30(4)42-43(37(5,6)7,33-16-12-10-13-17-33)34-18-14-11-15-19-34/h9-23,28-30,35H,1,24-27H2,2-8H3/t28-,29+,30+,35-/m0/s1. The van der Waals surface area contributed by atoms with Crippen molar-refractivity contribution in [1.82, 2.24) is 0 Å². The Bertz CT molecular complexity index is 1210. The lowest BCUT2D eigenvalue weighted by molar-refractivity contribution is -0.153. The van der Waals surface area contributed by atoms with Gasteiger partial charge in [0.15, 0.2) is 0 Å². The lowest BCUT2D eigenvalue weighted by atomic mass is 9.99. The molecule has 0 saturated heterocycles. The van der Waals surface area contributed by atoms with Gasteiger partial charge in [-0.2, -0.15) is 0 Å². The van der Waals surface area contributed by atoms with Gasteiger partial charge in [0.05, 0.1) is 26.7 Å². The van der Waals surface area contributed by atoms with E-state index >= 15 is 0 Å². The highest BCUT2D eigenvalue weighted by molar-refractivity contribution is 6.99. The predicted octanol–water partition coefficient (Wildman–Crippen LogP) is 7.33. The van der Waals surface area contributed by atoms with E-state index in [2.05, 4.69) is 82.8 Å². The molecule has 3 aromatic carbocycles. The van der Waals surface area contributed by atoms with Crippen LogP contribution in [0, 0.1) is 11.8 Å². The largest absolute Gasteiger partial charge is 0.497 e. The molecule has 0 unspecified atom stereocenters. The number of carbonyl (C=O) groups is 1. The van der Waals surface area contributed by atoms with Crippen molar-refractivity contribution < 1.29 is 23.4 Å². The molecule has 0 aliphatic carbocycles. The molecule has 0 aromatic heterocycles. The summed E-state index contributed by atoms with van der Waals surface area (Å²) in [5.41, 5.74) is 1.06. The molecule has 0 spiro atoms. The number of methoxy groups -OCH3 is 1. The Morgan fingerprint density at radius 2 is 1.44 bits per heavy atom. The maximum absolute atomic E-state index is 13.1. The summed E-state index contributed by atoms with van der Waals surface area (Å²) in [5, 5.41) is 2.32. The minimum Gasteiger partial charge on any atom is -0.497 e. The fraction of sp³-hybridized carbons (Fsp3) is 0.432. The second-order valence-corrected chi connectivity index (χ2v) is 16.9. The van der Waals surface area contributed by atoms with E-state index in [9.17, 15) is 4.79 Å². The average molecular weight is 603 g/mol. The van der Waals surface area contributed by atoms with E-state index in [1.165, 1.54) is 10.4 Å². The highest BCUT2D eigenvalue weighted by Gasteiger charge is 2.51. The molecule has 43 heavy (non-hydrogen) atoms. The summed E-state index contributed by atoms with van der Waals surface area (Å²) in [5.74, 6) is 0.596. The average Bonchev–Trinajstić information content (AvgIpc) is 2.99. The molecule has 0 amide bonds. The SMILES string of the molecule is C=C[C@@H](C)[C@H](C[C@@H](C)O[Si](c1ccccc1)(c1ccccc1)C(C)(C)C)OC(=O)C[C@H](C)COCc1ccc(OC)cc1. The number of benzene rings is 3. The Hall–Kier alpha value is -3.19. The van der Waals surface area contributed by atoms with Gasteiger partial charge in [-0.25, -0.2) is 0 Å². The van der Waals surface area contributed by atoms with E-state index in [1.807, 2.05) is 56.3 Å². The van der Waals surface area contributed by atoms with E-state index < -0.39 is 8.32 Å². The van der Waals surface area contributed by atoms with Crippen LogP contribution in [0.1, 0.15) is 59.9 Å². The third-order valence-corrected chi connectivity index (χ3v) is 13.1. The Balaban J connectivity index is 1.68. The minimum absolute atomic E-state index is 0.0178. The van der Waals surface area contributed by atoms with Crippen molar-refractivity contribution in [3.05, 3.63) is 103 Å². The van der Waals surface area contributed by atoms with Crippen molar-refractivity contribution in [2.75, 3.05) is 13.7 Å². The zero-order chi connectivity index (χ0) is 31.5. The highest BCUT2D eigenvalue weighted by Crippen LogP contribution is 2.38. The smallest absolute Gasteiger partial charge is 0.306 e. The maximum Gasteiger partial charge on any atom is 0.306 e. The summed E-state index contributed by atoms with van der Waals surface area (Å²) in [6.07, 6.45) is 2.22. The van der Waals surface area contributed by atoms with Crippen LogP contribution in [0.4, 0.5) is 0 Å². The lowest BCUT2D eigenvalue weighted by Crippen LogP contribution is -2.67. The summed E-state index contributed by atoms with van der Waals surface area (Å²) in [7, 11) is -1.08. The molecule has 232 valence electrons. The lowest BCUT2D eigenvalue weighted by Gasteiger charge is -2.45. The third-order valence-electron chi connectivity index (χ3n) is 7.95. The first-order chi connectivity index (χ1) is 20.5. The highest BCUT2D eigenvalue weighted by atomic mass is 28.4. The zero-order valence-electron chi connectivity index (χ0n) is 27.0. The first-order valence-corrected chi connectivity index (χ1v) is 17.2. The van der Waals surface area contributed by atoms with Gasteiger partial charge in [0.1, 0.15) is 11.9 Å². The fourth-order valence-electron chi connectivity index (χ4n) is 5.55. The first-order valence-electron chi connectivity index (χ1n) is 15.3. The topological polar surface area (TPSA) is 54.0 Å². The monoisotopic (exact) mass is 602 g/mol. The van der Waals surface area contributed by atoms with E-state index in [-0.39, 0.29) is 41.5 Å². The summed E-state index contributed by atoms with van der Waals surface area (Å²) >= 11 is 0. The Morgan fingerprint density at radius 1 is 0.884 bits per heavy atom. The van der Waals surface area contributed by atoms with Crippen LogP contribution in [0.2, 0.25) is 5.04 Å². The summed E-state index contributed by atoms with van der Waals surface area (Å²) in [6.45, 7) is 17.9. The van der Waals surface area contributed by atoms with E-state index in [0.29, 0.717) is 19.6 Å². The predicted molar refractivity (Wildman–Crippen MR) is 178 cm³/mol. The first kappa shape index (κ1) is 34.3. The molecule has 0 fully saturated rings. The molecule has 4 atom stereocenters. The second kappa shape index (κ2) is 16.0. The molecule has 0 N–H and O–H groups in total. The molecule has 0 saturated carbocycles. The van der Waals surface area contributed by atoms with E-state index in [0.717, 1.165) is 11.3 Å². The van der Waals surface area contributed by atoms with Crippen LogP contribution in [-0.4, -0.2) is 40.2 Å². The molecular weight excluding hydrogens is 552 g/mol. The van der Waals surface area contributed by atoms with Gasteiger partial charge in [-0.1, -0.05) is 113 Å². The van der Waals surface area contributed by atoms with Crippen molar-refractivity contribution in [3.8, 4) is 5.75 Å². The Labute approximate surface area is 260 Å². The minimum atomic E-state index is -2.73. The van der Waals surface area contributed by atoms with Gasteiger partial charge in [-0.3, -0.25) is 4.79 Å². The van der Waals surface area contributed by atoms with Crippen LogP contribution in [0.3, 0.4) is 0 Å². The van der Waals surface area contributed by atoms with Crippen molar-refractivity contribution in [2.45, 2.75) is 78.2 Å². The summed E-state index contributed by atoms with van der Waals surface area (Å²) < 4.78 is 24.5. The molecule has 0 aliphatic heterocycles. The number of hydrogen-bond acceptors (Lipinski definition) is 5. The van der Waals surface area contributed by atoms with Gasteiger partial charge in [-0.05, 0) is 45.9 Å². The Kier molecular flexibility index (Phi) is 12.8. The molecular formula is C37H50O5Si. The quantitative estimate of drug-likeness (QED) is 0.0977. The van der Waals surface area contributed by atoms with Crippen molar-refractivity contribution in [2.24, 2.45) is 11.8 Å². The van der Waals surface area contributed by atoms with Gasteiger partial charge in [0.2, 0.25) is 0 Å². The fourth-order valence-corrected chi connectivity index (χ4v) is 10.3. The molecule has 0 heterocycles. The van der Waals surface area contributed by atoms with E-state index in [4.69, 9.17) is 18.6 Å². The molecule has 6 heteroatoms. The number of hydrogen-bond donors (Lipinski definition) is 0. The van der Waals surface area contributed by atoms with Crippen LogP contribution in [-0.2, 0) is 25.3 Å². The third kappa shape index (κ3) is 9.39. The number of esters is 1. The number of rotatable bonds is 16. The van der Waals surface area contributed by atoms with Crippen molar-refractivity contribution in [1.29, 1.82) is 0 Å². The van der Waals surface area contributed by atoms with Gasteiger partial charge in [0, 0.05) is 18.4 Å². The van der Waals surface area contributed by atoms with Crippen LogP contribution < -0.4 is 15.1 Å². The van der Waals surface area contributed by atoms with E-state index in [1.54, 1.807) is 7.11 Å². The Morgan fingerprint density at radius 3 is 1.93 bits per heavy atom. The maximum atomic E-state index is 13.1. The molecule has 3 aromatic rings. The molecule has 0 bridgehead atoms. The molecule has 5 nitrogen and oxygen atoms in total. The number of carbonyl (C=O) groups excluding carboxylic acids is 1. The van der Waals surface area contributed by atoms with Crippen LogP contribution in [0.5, 0.6) is 5.75 Å². The van der Waals surface area contributed by atoms with Crippen LogP contribution in [0.25, 0.3) is 0 Å². The van der Waals surface area contributed by atoms with Crippen molar-refractivity contribution in [3.63, 3.8) is 0 Å². The zero-order valence-corrected chi connectivity index (χ0v) is 28.0. The summed E-state index contributed by atoms with van der Waals surface area (Å²) in [6, 6.07) is 29.0.